The summed E-state index contributed by atoms with van der Waals surface area (Å²) >= 11 is 0. The van der Waals surface area contributed by atoms with E-state index in [0.717, 1.165) is 12.1 Å². The first-order valence-electron chi connectivity index (χ1n) is 10.2. The van der Waals surface area contributed by atoms with Crippen LogP contribution < -0.4 is 5.73 Å². The normalized spacial score (nSPS) is 13.7. The highest BCUT2D eigenvalue weighted by molar-refractivity contribution is 6.39. The van der Waals surface area contributed by atoms with E-state index in [1.165, 1.54) is 48.5 Å². The molecule has 0 aromatic heterocycles. The number of amides is 1. The van der Waals surface area contributed by atoms with Crippen LogP contribution in [0.25, 0.3) is 11.1 Å². The van der Waals surface area contributed by atoms with Gasteiger partial charge in [0.05, 0.1) is 13.1 Å². The van der Waals surface area contributed by atoms with Crippen LogP contribution in [-0.4, -0.2) is 44.9 Å². The van der Waals surface area contributed by atoms with E-state index >= 15 is 8.78 Å². The molecule has 3 aromatic carbocycles. The van der Waals surface area contributed by atoms with Gasteiger partial charge in [0.15, 0.2) is 0 Å². The maximum absolute atomic E-state index is 15.1. The SMILES string of the molecule is [B]C([B])(O)c1ccc(-c2cc(F)c(CN3Cc4c(F)cccc4C3=O)c(F)c2)c(C=NC)c1N. The number of nitrogen functional groups attached to an aromatic ring is 1. The van der Waals surface area contributed by atoms with Crippen LogP contribution in [0.5, 0.6) is 0 Å². The molecule has 10 heteroatoms. The predicted octanol–water partition coefficient (Wildman–Crippen LogP) is 3.00. The van der Waals surface area contributed by atoms with Crippen LogP contribution in [0.2, 0.25) is 0 Å². The summed E-state index contributed by atoms with van der Waals surface area (Å²) in [6.45, 7) is -0.458. The summed E-state index contributed by atoms with van der Waals surface area (Å²) in [7, 11) is 12.6. The number of aliphatic imine (C=N–C) groups is 1. The highest BCUT2D eigenvalue weighted by atomic mass is 19.1. The van der Waals surface area contributed by atoms with Crippen molar-refractivity contribution in [1.82, 2.24) is 4.90 Å². The van der Waals surface area contributed by atoms with Crippen molar-refractivity contribution in [3.63, 3.8) is 0 Å². The largest absolute Gasteiger partial charge is 0.405 e. The second-order valence-corrected chi connectivity index (χ2v) is 8.05. The quantitative estimate of drug-likeness (QED) is 0.350. The van der Waals surface area contributed by atoms with Crippen molar-refractivity contribution >= 4 is 33.5 Å². The lowest BCUT2D eigenvalue weighted by molar-refractivity contribution is 0.0763. The molecule has 4 rings (SSSR count). The second kappa shape index (κ2) is 8.68. The van der Waals surface area contributed by atoms with Crippen molar-refractivity contribution in [2.75, 3.05) is 12.8 Å². The van der Waals surface area contributed by atoms with Gasteiger partial charge in [0.2, 0.25) is 0 Å². The number of nitrogens with zero attached hydrogens (tertiary/aromatic N) is 2. The number of hydrogen-bond donors (Lipinski definition) is 2. The zero-order valence-corrected chi connectivity index (χ0v) is 18.1. The minimum Gasteiger partial charge on any atom is -0.405 e. The van der Waals surface area contributed by atoms with Crippen LogP contribution in [0.3, 0.4) is 0 Å². The maximum Gasteiger partial charge on any atom is 0.254 e. The summed E-state index contributed by atoms with van der Waals surface area (Å²) in [5.74, 6) is -2.83. The van der Waals surface area contributed by atoms with E-state index in [2.05, 4.69) is 4.99 Å². The van der Waals surface area contributed by atoms with Gasteiger partial charge in [-0.05, 0) is 41.0 Å². The number of halogens is 3. The molecule has 0 saturated heterocycles. The standard InChI is InChI=1S/C24H18B2F3N3O2/c1-31-9-15-13(5-6-18(22(15)30)24(25,26)34)12-7-20(28)17(21(29)8-12)11-32-10-16-14(23(32)33)3-2-4-19(16)27/h2-9,34H,10-11,30H2,1H3. The fourth-order valence-electron chi connectivity index (χ4n) is 4.09. The zero-order valence-electron chi connectivity index (χ0n) is 18.1. The summed E-state index contributed by atoms with van der Waals surface area (Å²) in [5.41, 5.74) is 6.90. The molecule has 0 fully saturated rings. The molecule has 3 aromatic rings. The highest BCUT2D eigenvalue weighted by Crippen LogP contribution is 2.35. The third-order valence-electron chi connectivity index (χ3n) is 5.76. The lowest BCUT2D eigenvalue weighted by Gasteiger charge is -2.24. The second-order valence-electron chi connectivity index (χ2n) is 8.05. The van der Waals surface area contributed by atoms with E-state index in [0.29, 0.717) is 5.56 Å². The molecule has 0 unspecified atom stereocenters. The number of fused-ring (bicyclic) bond motifs is 1. The van der Waals surface area contributed by atoms with Crippen molar-refractivity contribution in [3.8, 4) is 11.1 Å². The molecule has 4 radical (unpaired) electrons. The molecule has 1 aliphatic heterocycles. The Morgan fingerprint density at radius 2 is 1.79 bits per heavy atom. The van der Waals surface area contributed by atoms with Gasteiger partial charge in [0.25, 0.3) is 5.91 Å². The molecular weight excluding hydrogens is 441 g/mol. The number of hydrogen-bond acceptors (Lipinski definition) is 4. The fourth-order valence-corrected chi connectivity index (χ4v) is 4.09. The topological polar surface area (TPSA) is 78.9 Å². The molecule has 0 spiro atoms. The smallest absolute Gasteiger partial charge is 0.254 e. The molecule has 168 valence electrons. The van der Waals surface area contributed by atoms with Crippen LogP contribution >= 0.6 is 0 Å². The van der Waals surface area contributed by atoms with E-state index < -0.39 is 28.8 Å². The zero-order chi connectivity index (χ0) is 24.8. The first kappa shape index (κ1) is 23.6. The number of rotatable bonds is 5. The maximum atomic E-state index is 15.1. The minimum atomic E-state index is -2.22. The van der Waals surface area contributed by atoms with E-state index in [4.69, 9.17) is 21.4 Å². The fraction of sp³-hybridized carbons (Fsp3) is 0.167. The van der Waals surface area contributed by atoms with Crippen LogP contribution in [-0.2, 0) is 18.5 Å². The molecule has 1 heterocycles. The van der Waals surface area contributed by atoms with Gasteiger partial charge in [-0.2, -0.15) is 0 Å². The Bertz CT molecular complexity index is 1320. The number of anilines is 1. The number of nitrogens with two attached hydrogens (primary N) is 1. The molecule has 0 bridgehead atoms. The Labute approximate surface area is 196 Å². The Kier molecular flexibility index (Phi) is 6.03. The van der Waals surface area contributed by atoms with Crippen LogP contribution in [0, 0.1) is 17.5 Å². The highest BCUT2D eigenvalue weighted by Gasteiger charge is 2.31. The van der Waals surface area contributed by atoms with Gasteiger partial charge in [-0.15, -0.1) is 0 Å². The summed E-state index contributed by atoms with van der Waals surface area (Å²) in [6, 6.07) is 9.15. The van der Waals surface area contributed by atoms with Crippen molar-refractivity contribution in [3.05, 3.63) is 87.7 Å². The number of benzene rings is 3. The lowest BCUT2D eigenvalue weighted by atomic mass is 9.60. The lowest BCUT2D eigenvalue weighted by Crippen LogP contribution is -2.27. The van der Waals surface area contributed by atoms with E-state index in [9.17, 15) is 14.3 Å². The third kappa shape index (κ3) is 4.09. The summed E-state index contributed by atoms with van der Waals surface area (Å²) in [4.78, 5) is 17.7. The monoisotopic (exact) mass is 459 g/mol. The number of carbonyl (C=O) groups is 1. The van der Waals surface area contributed by atoms with Gasteiger partial charge < -0.3 is 15.7 Å². The van der Waals surface area contributed by atoms with Gasteiger partial charge in [-0.25, -0.2) is 13.2 Å². The molecule has 1 aliphatic rings. The van der Waals surface area contributed by atoms with Crippen molar-refractivity contribution in [2.24, 2.45) is 4.99 Å². The summed E-state index contributed by atoms with van der Waals surface area (Å²) in [6.07, 6.45) is 1.36. The van der Waals surface area contributed by atoms with E-state index in [1.54, 1.807) is 0 Å². The van der Waals surface area contributed by atoms with Crippen LogP contribution in [0.15, 0.2) is 47.5 Å². The molecular formula is C24H18B2F3N3O2. The average Bonchev–Trinajstić information content (AvgIpc) is 3.08. The van der Waals surface area contributed by atoms with Gasteiger partial charge >= 0.3 is 0 Å². The van der Waals surface area contributed by atoms with Gasteiger partial charge in [-0.1, -0.05) is 18.2 Å². The summed E-state index contributed by atoms with van der Waals surface area (Å²) in [5, 5.41) is 7.72. The first-order valence-corrected chi connectivity index (χ1v) is 10.2. The Balaban J connectivity index is 1.71. The van der Waals surface area contributed by atoms with Gasteiger partial charge in [0.1, 0.15) is 33.1 Å². The average molecular weight is 459 g/mol. The Morgan fingerprint density at radius 3 is 2.38 bits per heavy atom. The van der Waals surface area contributed by atoms with Crippen LogP contribution in [0.1, 0.15) is 32.6 Å². The first-order chi connectivity index (χ1) is 16.0. The summed E-state index contributed by atoms with van der Waals surface area (Å²) < 4.78 is 44.2. The van der Waals surface area contributed by atoms with Crippen molar-refractivity contribution in [1.29, 1.82) is 0 Å². The number of aliphatic hydroxyl groups is 1. The van der Waals surface area contributed by atoms with Crippen molar-refractivity contribution < 1.29 is 23.1 Å². The van der Waals surface area contributed by atoms with E-state index in [-0.39, 0.29) is 52.2 Å². The number of carbonyl (C=O) groups excluding carboxylic acids is 1. The molecule has 34 heavy (non-hydrogen) atoms. The predicted molar refractivity (Wildman–Crippen MR) is 125 cm³/mol. The van der Waals surface area contributed by atoms with Gasteiger partial charge in [0, 0.05) is 46.6 Å². The van der Waals surface area contributed by atoms with E-state index in [1.807, 2.05) is 0 Å². The molecule has 0 aliphatic carbocycles. The molecule has 0 saturated carbocycles. The van der Waals surface area contributed by atoms with Crippen LogP contribution in [0.4, 0.5) is 18.9 Å². The third-order valence-corrected chi connectivity index (χ3v) is 5.76. The molecule has 5 nitrogen and oxygen atoms in total. The Hall–Kier alpha value is -3.52. The minimum absolute atomic E-state index is 0.00273. The van der Waals surface area contributed by atoms with Crippen molar-refractivity contribution in [2.45, 2.75) is 18.5 Å². The molecule has 1 amide bonds. The molecule has 3 N–H and O–H groups in total. The van der Waals surface area contributed by atoms with Gasteiger partial charge in [-0.3, -0.25) is 9.79 Å². The Morgan fingerprint density at radius 1 is 1.12 bits per heavy atom. The molecule has 0 atom stereocenters.